The molecule has 3 nitrogen and oxygen atoms in total. The fraction of sp³-hybridized carbons (Fsp3) is 0.500. The highest BCUT2D eigenvalue weighted by molar-refractivity contribution is 5.89. The number of benzene rings is 1. The summed E-state index contributed by atoms with van der Waals surface area (Å²) in [7, 11) is 1.76. The zero-order chi connectivity index (χ0) is 13.2. The molecule has 1 aliphatic heterocycles. The summed E-state index contributed by atoms with van der Waals surface area (Å²) in [6, 6.07) is 6.23. The Morgan fingerprint density at radius 1 is 1.37 bits per heavy atom. The third-order valence-electron chi connectivity index (χ3n) is 4.45. The average molecular weight is 258 g/mol. The molecule has 2 N–H and O–H groups in total. The number of fused-ring (bicyclic) bond motifs is 1. The summed E-state index contributed by atoms with van der Waals surface area (Å²) in [5, 5.41) is 4.79. The monoisotopic (exact) mass is 258 g/mol. The number of hydrogen-bond donors (Lipinski definition) is 2. The van der Waals surface area contributed by atoms with Gasteiger partial charge in [-0.3, -0.25) is 0 Å². The van der Waals surface area contributed by atoms with E-state index in [1.54, 1.807) is 7.11 Å². The van der Waals surface area contributed by atoms with Gasteiger partial charge in [0, 0.05) is 17.1 Å². The number of hydrogen-bond acceptors (Lipinski definition) is 2. The quantitative estimate of drug-likeness (QED) is 0.886. The van der Waals surface area contributed by atoms with E-state index in [1.165, 1.54) is 29.3 Å². The van der Waals surface area contributed by atoms with E-state index in [0.29, 0.717) is 5.92 Å². The lowest BCUT2D eigenvalue weighted by atomic mass is 9.79. The van der Waals surface area contributed by atoms with Crippen LogP contribution in [0.3, 0.4) is 0 Å². The molecule has 0 bridgehead atoms. The molecule has 2 heterocycles. The molecule has 2 aromatic rings. The Bertz CT molecular complexity index is 561. The molecule has 0 radical (unpaired) electrons. The van der Waals surface area contributed by atoms with Crippen LogP contribution in [0.5, 0.6) is 5.75 Å². The van der Waals surface area contributed by atoms with Crippen molar-refractivity contribution in [3.63, 3.8) is 0 Å². The molecular weight excluding hydrogens is 236 g/mol. The third-order valence-corrected chi connectivity index (χ3v) is 4.45. The number of rotatable bonds is 3. The summed E-state index contributed by atoms with van der Waals surface area (Å²) in [4.78, 5) is 3.40. The summed E-state index contributed by atoms with van der Waals surface area (Å²) in [6.45, 7) is 4.53. The molecule has 19 heavy (non-hydrogen) atoms. The maximum atomic E-state index is 5.55. The highest BCUT2D eigenvalue weighted by atomic mass is 16.5. The number of H-pyrrole nitrogens is 1. The van der Waals surface area contributed by atoms with Crippen molar-refractivity contribution in [3.05, 3.63) is 30.0 Å². The van der Waals surface area contributed by atoms with E-state index in [1.807, 2.05) is 6.07 Å². The van der Waals surface area contributed by atoms with Crippen molar-refractivity contribution >= 4 is 10.9 Å². The van der Waals surface area contributed by atoms with Crippen LogP contribution in [0.2, 0.25) is 0 Å². The second-order valence-electron chi connectivity index (χ2n) is 5.39. The van der Waals surface area contributed by atoms with Crippen molar-refractivity contribution in [2.45, 2.75) is 25.7 Å². The Hall–Kier alpha value is -1.48. The summed E-state index contributed by atoms with van der Waals surface area (Å²) in [5.41, 5.74) is 2.61. The van der Waals surface area contributed by atoms with Gasteiger partial charge < -0.3 is 15.0 Å². The molecule has 0 amide bonds. The highest BCUT2D eigenvalue weighted by Crippen LogP contribution is 2.39. The van der Waals surface area contributed by atoms with Gasteiger partial charge in [-0.1, -0.05) is 19.4 Å². The minimum atomic E-state index is 0.635. The van der Waals surface area contributed by atoms with Gasteiger partial charge in [0.15, 0.2) is 0 Å². The van der Waals surface area contributed by atoms with E-state index in [0.717, 1.165) is 24.8 Å². The van der Waals surface area contributed by atoms with Crippen molar-refractivity contribution in [3.8, 4) is 5.75 Å². The van der Waals surface area contributed by atoms with Crippen LogP contribution in [0.25, 0.3) is 10.9 Å². The molecule has 2 unspecified atom stereocenters. The lowest BCUT2D eigenvalue weighted by Gasteiger charge is -2.31. The SMILES string of the molecule is CCC1CNCCC1c1c[nH]c2cccc(OC)c12. The largest absolute Gasteiger partial charge is 0.496 e. The minimum Gasteiger partial charge on any atom is -0.496 e. The van der Waals surface area contributed by atoms with Crippen LogP contribution < -0.4 is 10.1 Å². The fourth-order valence-corrected chi connectivity index (χ4v) is 3.40. The molecule has 1 aromatic heterocycles. The Kier molecular flexibility index (Phi) is 3.47. The standard InChI is InChI=1S/C16H22N2O/c1-3-11-9-17-8-7-12(11)13-10-18-14-5-4-6-15(19-2)16(13)14/h4-6,10-12,17-18H,3,7-9H2,1-2H3. The first-order chi connectivity index (χ1) is 9.35. The van der Waals surface area contributed by atoms with Gasteiger partial charge in [-0.15, -0.1) is 0 Å². The van der Waals surface area contributed by atoms with E-state index < -0.39 is 0 Å². The molecule has 1 aromatic carbocycles. The predicted molar refractivity (Wildman–Crippen MR) is 78.9 cm³/mol. The van der Waals surface area contributed by atoms with Crippen LogP contribution in [-0.4, -0.2) is 25.2 Å². The fourth-order valence-electron chi connectivity index (χ4n) is 3.40. The Labute approximate surface area is 114 Å². The molecule has 102 valence electrons. The van der Waals surface area contributed by atoms with Gasteiger partial charge in [0.25, 0.3) is 0 Å². The van der Waals surface area contributed by atoms with Crippen LogP contribution in [0.15, 0.2) is 24.4 Å². The molecule has 1 aliphatic rings. The number of aromatic amines is 1. The van der Waals surface area contributed by atoms with Crippen molar-refractivity contribution in [1.29, 1.82) is 0 Å². The first kappa shape index (κ1) is 12.5. The van der Waals surface area contributed by atoms with Gasteiger partial charge in [-0.05, 0) is 49.0 Å². The molecule has 1 saturated heterocycles. The summed E-state index contributed by atoms with van der Waals surface area (Å²) in [5.74, 6) is 2.34. The van der Waals surface area contributed by atoms with E-state index in [-0.39, 0.29) is 0 Å². The number of piperidine rings is 1. The Balaban J connectivity index is 2.08. The van der Waals surface area contributed by atoms with Crippen LogP contribution >= 0.6 is 0 Å². The van der Waals surface area contributed by atoms with Crippen LogP contribution in [0, 0.1) is 5.92 Å². The number of ether oxygens (including phenoxy) is 1. The van der Waals surface area contributed by atoms with Crippen LogP contribution in [0.1, 0.15) is 31.2 Å². The van der Waals surface area contributed by atoms with Gasteiger partial charge in [0.2, 0.25) is 0 Å². The van der Waals surface area contributed by atoms with E-state index in [4.69, 9.17) is 4.74 Å². The van der Waals surface area contributed by atoms with Crippen LogP contribution in [-0.2, 0) is 0 Å². The molecule has 0 aliphatic carbocycles. The molecule has 1 fully saturated rings. The van der Waals surface area contributed by atoms with Crippen LogP contribution in [0.4, 0.5) is 0 Å². The number of nitrogens with one attached hydrogen (secondary N) is 2. The molecule has 2 atom stereocenters. The molecule has 3 heteroatoms. The van der Waals surface area contributed by atoms with Crippen molar-refractivity contribution in [2.75, 3.05) is 20.2 Å². The second-order valence-corrected chi connectivity index (χ2v) is 5.39. The lowest BCUT2D eigenvalue weighted by molar-refractivity contribution is 0.319. The second kappa shape index (κ2) is 5.25. The van der Waals surface area contributed by atoms with Gasteiger partial charge in [-0.2, -0.15) is 0 Å². The summed E-state index contributed by atoms with van der Waals surface area (Å²) < 4.78 is 5.55. The third kappa shape index (κ3) is 2.12. The van der Waals surface area contributed by atoms with Crippen molar-refractivity contribution in [1.82, 2.24) is 10.3 Å². The molecule has 0 saturated carbocycles. The molecular formula is C16H22N2O. The van der Waals surface area contributed by atoms with E-state index >= 15 is 0 Å². The van der Waals surface area contributed by atoms with E-state index in [9.17, 15) is 0 Å². The summed E-state index contributed by atoms with van der Waals surface area (Å²) in [6.07, 6.45) is 4.62. The minimum absolute atomic E-state index is 0.635. The van der Waals surface area contributed by atoms with Gasteiger partial charge in [0.05, 0.1) is 7.11 Å². The summed E-state index contributed by atoms with van der Waals surface area (Å²) >= 11 is 0. The predicted octanol–water partition coefficient (Wildman–Crippen LogP) is 3.28. The normalized spacial score (nSPS) is 23.7. The molecule has 3 rings (SSSR count). The van der Waals surface area contributed by atoms with Gasteiger partial charge in [0.1, 0.15) is 5.75 Å². The highest BCUT2D eigenvalue weighted by Gasteiger charge is 2.27. The zero-order valence-electron chi connectivity index (χ0n) is 11.7. The maximum absolute atomic E-state index is 5.55. The lowest BCUT2D eigenvalue weighted by Crippen LogP contribution is -2.35. The van der Waals surface area contributed by atoms with Gasteiger partial charge in [-0.25, -0.2) is 0 Å². The van der Waals surface area contributed by atoms with E-state index in [2.05, 4.69) is 35.6 Å². The topological polar surface area (TPSA) is 37.0 Å². The van der Waals surface area contributed by atoms with Crippen molar-refractivity contribution in [2.24, 2.45) is 5.92 Å². The molecule has 0 spiro atoms. The first-order valence-electron chi connectivity index (χ1n) is 7.19. The maximum Gasteiger partial charge on any atom is 0.128 e. The van der Waals surface area contributed by atoms with Gasteiger partial charge >= 0.3 is 0 Å². The first-order valence-corrected chi connectivity index (χ1v) is 7.19. The Morgan fingerprint density at radius 3 is 3.05 bits per heavy atom. The van der Waals surface area contributed by atoms with Crippen molar-refractivity contribution < 1.29 is 4.74 Å². The Morgan fingerprint density at radius 2 is 2.26 bits per heavy atom. The number of methoxy groups -OCH3 is 1. The zero-order valence-corrected chi connectivity index (χ0v) is 11.7. The average Bonchev–Trinajstić information content (AvgIpc) is 2.91. The smallest absolute Gasteiger partial charge is 0.128 e. The number of aromatic nitrogens is 1.